The molecule has 2 aromatic rings. The van der Waals surface area contributed by atoms with Gasteiger partial charge >= 0.3 is 22.3 Å². The highest BCUT2D eigenvalue weighted by atomic mass is 32.2. The number of nitrogens with zero attached hydrogens (tertiary/aromatic N) is 1. The SMILES string of the molecule is CCNC(=O)N(Cc1ccc(OS(=O)(=O)c2cccc(C(F)(F)F)c2)cc1)C(C)CC. The molecule has 1 atom stereocenters. The maximum Gasteiger partial charge on any atom is 0.416 e. The van der Waals surface area contributed by atoms with Gasteiger partial charge in [-0.05, 0) is 56.2 Å². The van der Waals surface area contributed by atoms with E-state index in [9.17, 15) is 26.4 Å². The minimum absolute atomic E-state index is 0.0104. The van der Waals surface area contributed by atoms with Crippen LogP contribution in [0.3, 0.4) is 0 Å². The van der Waals surface area contributed by atoms with E-state index in [2.05, 4.69) is 5.32 Å². The first-order valence-electron chi connectivity index (χ1n) is 9.73. The fourth-order valence-corrected chi connectivity index (χ4v) is 3.73. The van der Waals surface area contributed by atoms with Gasteiger partial charge in [0.1, 0.15) is 10.6 Å². The Kier molecular flexibility index (Phi) is 7.94. The van der Waals surface area contributed by atoms with Gasteiger partial charge in [0, 0.05) is 19.1 Å². The average molecular weight is 459 g/mol. The predicted molar refractivity (Wildman–Crippen MR) is 110 cm³/mol. The van der Waals surface area contributed by atoms with Crippen molar-refractivity contribution in [2.24, 2.45) is 0 Å². The van der Waals surface area contributed by atoms with Crippen LogP contribution < -0.4 is 9.50 Å². The van der Waals surface area contributed by atoms with Crippen LogP contribution in [-0.4, -0.2) is 31.9 Å². The Balaban J connectivity index is 2.17. The number of carbonyl (C=O) groups excluding carboxylic acids is 1. The van der Waals surface area contributed by atoms with E-state index in [1.54, 1.807) is 17.0 Å². The Bertz CT molecular complexity index is 992. The van der Waals surface area contributed by atoms with Crippen molar-refractivity contribution in [3.05, 3.63) is 59.7 Å². The zero-order valence-corrected chi connectivity index (χ0v) is 18.3. The summed E-state index contributed by atoms with van der Waals surface area (Å²) in [6.45, 7) is 6.51. The molecule has 10 heteroatoms. The van der Waals surface area contributed by atoms with Gasteiger partial charge in [-0.25, -0.2) is 4.79 Å². The van der Waals surface area contributed by atoms with Gasteiger partial charge in [0.05, 0.1) is 5.56 Å². The highest BCUT2D eigenvalue weighted by Gasteiger charge is 2.32. The lowest BCUT2D eigenvalue weighted by Gasteiger charge is -2.28. The fourth-order valence-electron chi connectivity index (χ4n) is 2.75. The maximum atomic E-state index is 12.9. The van der Waals surface area contributed by atoms with Crippen molar-refractivity contribution in [2.75, 3.05) is 6.54 Å². The molecule has 1 unspecified atom stereocenters. The summed E-state index contributed by atoms with van der Waals surface area (Å²) in [6, 6.07) is 9.14. The average Bonchev–Trinajstić information content (AvgIpc) is 2.72. The molecule has 0 heterocycles. The highest BCUT2D eigenvalue weighted by Crippen LogP contribution is 2.31. The summed E-state index contributed by atoms with van der Waals surface area (Å²) < 4.78 is 68.3. The zero-order valence-electron chi connectivity index (χ0n) is 17.4. The van der Waals surface area contributed by atoms with E-state index in [0.29, 0.717) is 19.2 Å². The smallest absolute Gasteiger partial charge is 0.379 e. The number of urea groups is 1. The van der Waals surface area contributed by atoms with Gasteiger partial charge in [0.25, 0.3) is 0 Å². The second-order valence-electron chi connectivity index (χ2n) is 6.93. The number of rotatable bonds is 8. The molecule has 0 aliphatic rings. The molecule has 2 amide bonds. The second-order valence-corrected chi connectivity index (χ2v) is 8.47. The van der Waals surface area contributed by atoms with Crippen LogP contribution in [-0.2, 0) is 22.8 Å². The first-order chi connectivity index (χ1) is 14.5. The van der Waals surface area contributed by atoms with Crippen LogP contribution in [0.15, 0.2) is 53.4 Å². The quantitative estimate of drug-likeness (QED) is 0.577. The van der Waals surface area contributed by atoms with E-state index in [4.69, 9.17) is 4.18 Å². The second kappa shape index (κ2) is 10.0. The molecule has 2 rings (SSSR count). The number of amides is 2. The zero-order chi connectivity index (χ0) is 23.2. The molecule has 31 heavy (non-hydrogen) atoms. The minimum Gasteiger partial charge on any atom is -0.379 e. The molecule has 0 aliphatic carbocycles. The molecule has 0 spiro atoms. The van der Waals surface area contributed by atoms with E-state index >= 15 is 0 Å². The molecule has 0 bridgehead atoms. The van der Waals surface area contributed by atoms with Gasteiger partial charge in [-0.1, -0.05) is 25.1 Å². The summed E-state index contributed by atoms with van der Waals surface area (Å²) in [5.74, 6) is -0.0470. The van der Waals surface area contributed by atoms with Crippen molar-refractivity contribution in [2.45, 2.75) is 50.9 Å². The first kappa shape index (κ1) is 24.5. The van der Waals surface area contributed by atoms with Gasteiger partial charge in [0.15, 0.2) is 0 Å². The number of carbonyl (C=O) groups is 1. The largest absolute Gasteiger partial charge is 0.416 e. The third-order valence-corrected chi connectivity index (χ3v) is 5.89. The summed E-state index contributed by atoms with van der Waals surface area (Å²) in [4.78, 5) is 13.4. The van der Waals surface area contributed by atoms with Crippen LogP contribution in [0.5, 0.6) is 5.75 Å². The van der Waals surface area contributed by atoms with Crippen molar-refractivity contribution in [3.63, 3.8) is 0 Å². The molecule has 170 valence electrons. The van der Waals surface area contributed by atoms with Gasteiger partial charge in [-0.3, -0.25) is 0 Å². The van der Waals surface area contributed by atoms with Gasteiger partial charge in [-0.15, -0.1) is 0 Å². The Morgan fingerprint density at radius 3 is 2.32 bits per heavy atom. The number of halogens is 3. The Hall–Kier alpha value is -2.75. The number of nitrogens with one attached hydrogen (secondary N) is 1. The fraction of sp³-hybridized carbons (Fsp3) is 0.381. The molecule has 0 saturated heterocycles. The monoisotopic (exact) mass is 458 g/mol. The van der Waals surface area contributed by atoms with Crippen LogP contribution >= 0.6 is 0 Å². The van der Waals surface area contributed by atoms with Crippen molar-refractivity contribution < 1.29 is 30.6 Å². The normalized spacial score (nSPS) is 12.8. The first-order valence-corrected chi connectivity index (χ1v) is 11.1. The van der Waals surface area contributed by atoms with Crippen LogP contribution in [0.25, 0.3) is 0 Å². The Labute approximate surface area is 180 Å². The molecule has 0 fully saturated rings. The summed E-state index contributed by atoms with van der Waals surface area (Å²) in [7, 11) is -4.44. The van der Waals surface area contributed by atoms with Crippen LogP contribution in [0.1, 0.15) is 38.3 Å². The topological polar surface area (TPSA) is 75.7 Å². The molecule has 6 nitrogen and oxygen atoms in total. The van der Waals surface area contributed by atoms with Crippen LogP contribution in [0, 0.1) is 0 Å². The van der Waals surface area contributed by atoms with Crippen LogP contribution in [0.4, 0.5) is 18.0 Å². The van der Waals surface area contributed by atoms with Crippen molar-refractivity contribution in [1.82, 2.24) is 10.2 Å². The maximum absolute atomic E-state index is 12.9. The number of hydrogen-bond donors (Lipinski definition) is 1. The lowest BCUT2D eigenvalue weighted by atomic mass is 10.1. The number of alkyl halides is 3. The van der Waals surface area contributed by atoms with E-state index in [0.717, 1.165) is 30.2 Å². The summed E-state index contributed by atoms with van der Waals surface area (Å²) in [5.41, 5.74) is -0.335. The van der Waals surface area contributed by atoms with E-state index in [-0.39, 0.29) is 17.8 Å². The molecular weight excluding hydrogens is 433 g/mol. The third kappa shape index (κ3) is 6.61. The van der Waals surface area contributed by atoms with Gasteiger partial charge in [0.2, 0.25) is 0 Å². The standard InChI is InChI=1S/C21H25F3N2O4S/c1-4-15(3)26(20(27)25-5-2)14-16-9-11-18(12-10-16)30-31(28,29)19-8-6-7-17(13-19)21(22,23)24/h6-13,15H,4-5,14H2,1-3H3,(H,25,27). The van der Waals surface area contributed by atoms with E-state index in [1.807, 2.05) is 20.8 Å². The highest BCUT2D eigenvalue weighted by molar-refractivity contribution is 7.87. The molecular formula is C21H25F3N2O4S. The lowest BCUT2D eigenvalue weighted by molar-refractivity contribution is -0.137. The Morgan fingerprint density at radius 1 is 1.13 bits per heavy atom. The van der Waals surface area contributed by atoms with Gasteiger partial charge in [-0.2, -0.15) is 21.6 Å². The molecule has 0 saturated carbocycles. The summed E-state index contributed by atoms with van der Waals surface area (Å²) in [5, 5.41) is 2.76. The van der Waals surface area contributed by atoms with E-state index < -0.39 is 26.8 Å². The van der Waals surface area contributed by atoms with Crippen molar-refractivity contribution in [3.8, 4) is 5.75 Å². The lowest BCUT2D eigenvalue weighted by Crippen LogP contribution is -2.44. The summed E-state index contributed by atoms with van der Waals surface area (Å²) >= 11 is 0. The van der Waals surface area contributed by atoms with E-state index in [1.165, 1.54) is 12.1 Å². The van der Waals surface area contributed by atoms with Gasteiger partial charge < -0.3 is 14.4 Å². The van der Waals surface area contributed by atoms with Crippen molar-refractivity contribution >= 4 is 16.1 Å². The molecule has 0 aromatic heterocycles. The third-order valence-electron chi connectivity index (χ3n) is 4.64. The molecule has 0 aliphatic heterocycles. The summed E-state index contributed by atoms with van der Waals surface area (Å²) in [6.07, 6.45) is -3.91. The number of benzene rings is 2. The molecule has 1 N–H and O–H groups in total. The van der Waals surface area contributed by atoms with Crippen LogP contribution in [0.2, 0.25) is 0 Å². The van der Waals surface area contributed by atoms with Crippen molar-refractivity contribution in [1.29, 1.82) is 0 Å². The molecule has 0 radical (unpaired) electrons. The minimum atomic E-state index is -4.67. The number of hydrogen-bond acceptors (Lipinski definition) is 4. The predicted octanol–water partition coefficient (Wildman–Crippen LogP) is 4.80. The Morgan fingerprint density at radius 2 is 1.77 bits per heavy atom. The molecule has 2 aromatic carbocycles.